The van der Waals surface area contributed by atoms with Gasteiger partial charge in [-0.1, -0.05) is 42.5 Å². The summed E-state index contributed by atoms with van der Waals surface area (Å²) in [6, 6.07) is 33.7. The Labute approximate surface area is 253 Å². The third kappa shape index (κ3) is 2.74. The molecule has 7 aromatic rings. The minimum Gasteiger partial charge on any atom is -0.455 e. The largest absolute Gasteiger partial charge is 0.455 e. The van der Waals surface area contributed by atoms with Gasteiger partial charge in [-0.15, -0.1) is 9.25 Å². The van der Waals surface area contributed by atoms with Crippen LogP contribution in [-0.2, 0) is 5.66 Å². The number of rotatable bonds is 3. The van der Waals surface area contributed by atoms with Crippen molar-refractivity contribution in [3.63, 3.8) is 0 Å². The number of aryl methyl sites for hydroxylation is 1. The number of hydrogen-bond donors (Lipinski definition) is 0. The second-order valence-corrected chi connectivity index (χ2v) is 11.7. The molecule has 0 bridgehead atoms. The number of nitrogens with zero attached hydrogens (tertiary/aromatic N) is 4. The van der Waals surface area contributed by atoms with Crippen LogP contribution in [0, 0.1) is 13.8 Å². The first-order valence-corrected chi connectivity index (χ1v) is 14.9. The molecule has 44 heavy (non-hydrogen) atoms. The summed E-state index contributed by atoms with van der Waals surface area (Å²) < 4.78 is 20.1. The van der Waals surface area contributed by atoms with Gasteiger partial charge in [0.2, 0.25) is 17.8 Å². The van der Waals surface area contributed by atoms with Gasteiger partial charge in [-0.3, -0.25) is 0 Å². The molecule has 0 N–H and O–H groups in total. The molecule has 0 radical (unpaired) electrons. The predicted octanol–water partition coefficient (Wildman–Crippen LogP) is 7.36. The van der Waals surface area contributed by atoms with Gasteiger partial charge in [0.05, 0.1) is 18.0 Å². The molecule has 0 saturated heterocycles. The first kappa shape index (κ1) is 23.8. The third-order valence-electron chi connectivity index (χ3n) is 9.56. The maximum absolute atomic E-state index is 6.71. The van der Waals surface area contributed by atoms with Crippen molar-refractivity contribution in [1.29, 1.82) is 0 Å². The highest BCUT2D eigenvalue weighted by atomic mass is 16.5. The van der Waals surface area contributed by atoms with Crippen LogP contribution in [0.2, 0.25) is 0 Å². The van der Waals surface area contributed by atoms with E-state index in [-0.39, 0.29) is 0 Å². The monoisotopic (exact) mass is 570 g/mol. The molecule has 0 aliphatic carbocycles. The van der Waals surface area contributed by atoms with E-state index in [0.717, 1.165) is 56.5 Å². The maximum Gasteiger partial charge on any atom is 0.447 e. The first-order valence-electron chi connectivity index (χ1n) is 14.9. The number of aromatic nitrogens is 4. The lowest BCUT2D eigenvalue weighted by molar-refractivity contribution is -0.988. The molecule has 6 heteroatoms. The Hall–Kier alpha value is -5.75. The Bertz CT molecular complexity index is 2350. The molecule has 0 saturated carbocycles. The number of fused-ring (bicyclic) bond motifs is 4. The molecule has 208 valence electrons. The molecule has 4 aromatic carbocycles. The molecule has 1 atom stereocenters. The highest BCUT2D eigenvalue weighted by Crippen LogP contribution is 2.57. The number of pyridine rings is 1. The fourth-order valence-electron chi connectivity index (χ4n) is 7.82. The maximum atomic E-state index is 6.71. The van der Waals surface area contributed by atoms with Crippen LogP contribution >= 0.6 is 0 Å². The average molecular weight is 571 g/mol. The summed E-state index contributed by atoms with van der Waals surface area (Å²) in [5, 5.41) is 0. The van der Waals surface area contributed by atoms with E-state index in [9.17, 15) is 0 Å². The van der Waals surface area contributed by atoms with Crippen LogP contribution in [0.3, 0.4) is 0 Å². The van der Waals surface area contributed by atoms with E-state index >= 15 is 0 Å². The van der Waals surface area contributed by atoms with Gasteiger partial charge in [0.25, 0.3) is 0 Å². The van der Waals surface area contributed by atoms with Crippen molar-refractivity contribution in [2.24, 2.45) is 0 Å². The molecule has 6 nitrogen and oxygen atoms in total. The van der Waals surface area contributed by atoms with Gasteiger partial charge in [-0.2, -0.15) is 0 Å². The van der Waals surface area contributed by atoms with Crippen LogP contribution in [0.25, 0.3) is 50.8 Å². The first-order chi connectivity index (χ1) is 21.7. The Morgan fingerprint density at radius 1 is 0.727 bits per heavy atom. The molecule has 6 heterocycles. The number of oxazole rings is 1. The lowest BCUT2D eigenvalue weighted by Crippen LogP contribution is -2.73. The van der Waals surface area contributed by atoms with E-state index < -0.39 is 5.66 Å². The Kier molecular flexibility index (Phi) is 4.43. The van der Waals surface area contributed by atoms with Crippen LogP contribution in [0.1, 0.15) is 22.3 Å². The summed E-state index contributed by atoms with van der Waals surface area (Å²) >= 11 is 0. The Morgan fingerprint density at radius 2 is 1.57 bits per heavy atom. The van der Waals surface area contributed by atoms with Crippen molar-refractivity contribution in [2.45, 2.75) is 19.5 Å². The molecule has 0 amide bonds. The molecule has 3 aromatic heterocycles. The lowest BCUT2D eigenvalue weighted by atomic mass is 9.82. The van der Waals surface area contributed by atoms with Crippen LogP contribution in [0.5, 0.6) is 11.5 Å². The van der Waals surface area contributed by atoms with Gasteiger partial charge in [0.15, 0.2) is 23.1 Å². The molecule has 3 aliphatic heterocycles. The molecular formula is C38H26N4O2+2. The van der Waals surface area contributed by atoms with Gasteiger partial charge >= 0.3 is 5.66 Å². The van der Waals surface area contributed by atoms with Crippen LogP contribution < -0.4 is 14.0 Å². The zero-order valence-electron chi connectivity index (χ0n) is 24.2. The highest BCUT2D eigenvalue weighted by Gasteiger charge is 2.72. The smallest absolute Gasteiger partial charge is 0.447 e. The minimum absolute atomic E-state index is 0.600. The van der Waals surface area contributed by atoms with E-state index in [1.165, 1.54) is 22.3 Å². The third-order valence-corrected chi connectivity index (χ3v) is 9.56. The van der Waals surface area contributed by atoms with Crippen LogP contribution in [0.15, 0.2) is 126 Å². The zero-order chi connectivity index (χ0) is 29.2. The lowest BCUT2D eigenvalue weighted by Gasteiger charge is -2.24. The van der Waals surface area contributed by atoms with E-state index in [1.54, 1.807) is 0 Å². The second kappa shape index (κ2) is 8.20. The summed E-state index contributed by atoms with van der Waals surface area (Å²) in [7, 11) is 0. The predicted molar refractivity (Wildman–Crippen MR) is 166 cm³/mol. The standard InChI is InChI=1S/C38H26N4O2/c1-23-15-16-26(37-39-22-32(44-37)25-10-4-3-5-11-25)24(2)33(23)27-17-18-31-36-34(27)28-12-6-7-19-40(28)38(36)35-29(13-8-14-30(35)43-31)41-20-9-21-42(38)41/h3-22H,1-2H3/q+2. The summed E-state index contributed by atoms with van der Waals surface area (Å²) in [4.78, 5) is 4.72. The molecule has 1 unspecified atom stereocenters. The molecule has 1 spiro atoms. The van der Waals surface area contributed by atoms with Gasteiger partial charge in [-0.05, 0) is 77.2 Å². The van der Waals surface area contributed by atoms with Gasteiger partial charge < -0.3 is 9.15 Å². The van der Waals surface area contributed by atoms with Crippen molar-refractivity contribution < 1.29 is 18.4 Å². The van der Waals surface area contributed by atoms with Crippen LogP contribution in [0.4, 0.5) is 0 Å². The van der Waals surface area contributed by atoms with E-state index in [1.807, 2.05) is 36.5 Å². The Morgan fingerprint density at radius 3 is 2.48 bits per heavy atom. The van der Waals surface area contributed by atoms with Gasteiger partial charge in [0, 0.05) is 29.3 Å². The topological polar surface area (TPSA) is 48.0 Å². The number of benzene rings is 4. The van der Waals surface area contributed by atoms with E-state index in [2.05, 4.69) is 113 Å². The summed E-state index contributed by atoms with van der Waals surface area (Å²) in [6.45, 7) is 4.37. The fraction of sp³-hybridized carbons (Fsp3) is 0.0789. The van der Waals surface area contributed by atoms with Crippen molar-refractivity contribution in [3.05, 3.63) is 144 Å². The van der Waals surface area contributed by atoms with Crippen molar-refractivity contribution >= 4 is 0 Å². The van der Waals surface area contributed by atoms with Crippen molar-refractivity contribution in [2.75, 3.05) is 0 Å². The van der Waals surface area contributed by atoms with E-state index in [4.69, 9.17) is 14.1 Å². The molecule has 3 aliphatic rings. The second-order valence-electron chi connectivity index (χ2n) is 11.7. The van der Waals surface area contributed by atoms with Crippen molar-refractivity contribution in [3.8, 4) is 62.3 Å². The average Bonchev–Trinajstić information content (AvgIpc) is 3.84. The van der Waals surface area contributed by atoms with Gasteiger partial charge in [0.1, 0.15) is 17.2 Å². The number of ether oxygens (including phenoxy) is 1. The molecule has 10 rings (SSSR count). The van der Waals surface area contributed by atoms with E-state index in [0.29, 0.717) is 5.89 Å². The normalized spacial score (nSPS) is 16.2. The SMILES string of the molecule is Cc1ccc(-c2ncc(-c3ccccc3)o2)c(C)c1-c1ccc2c3c1-c1cccc[n+]1C31c3c(cccc3-n3ccc[n+]31)O2. The van der Waals surface area contributed by atoms with Gasteiger partial charge in [-0.25, -0.2) is 4.98 Å². The summed E-state index contributed by atoms with van der Waals surface area (Å²) in [5.41, 5.74) is 11.9. The molecule has 0 fully saturated rings. The summed E-state index contributed by atoms with van der Waals surface area (Å²) in [5.74, 6) is 3.15. The zero-order valence-corrected chi connectivity index (χ0v) is 24.2. The molecular weight excluding hydrogens is 544 g/mol. The van der Waals surface area contributed by atoms with Crippen molar-refractivity contribution in [1.82, 2.24) is 9.67 Å². The number of hydrogen-bond acceptors (Lipinski definition) is 3. The summed E-state index contributed by atoms with van der Waals surface area (Å²) in [6.07, 6.45) is 8.33. The van der Waals surface area contributed by atoms with Crippen LogP contribution in [-0.4, -0.2) is 9.67 Å². The Balaban J connectivity index is 1.25. The quantitative estimate of drug-likeness (QED) is 0.209. The highest BCUT2D eigenvalue weighted by molar-refractivity contribution is 5.92. The fourth-order valence-corrected chi connectivity index (χ4v) is 7.82. The minimum atomic E-state index is -0.600.